The number of rotatable bonds is 3. The van der Waals surface area contributed by atoms with Gasteiger partial charge in [-0.25, -0.2) is 0 Å². The van der Waals surface area contributed by atoms with Gasteiger partial charge in [-0.05, 0) is 56.0 Å². The minimum atomic E-state index is 0.0751. The van der Waals surface area contributed by atoms with Gasteiger partial charge in [-0.15, -0.1) is 11.3 Å². The molecule has 2 heterocycles. The number of H-pyrrole nitrogens is 1. The molecule has 118 valence electrons. The summed E-state index contributed by atoms with van der Waals surface area (Å²) in [7, 11) is 0. The largest absolute Gasteiger partial charge is 0.323 e. The number of thiophene rings is 1. The van der Waals surface area contributed by atoms with Crippen LogP contribution in [0.5, 0.6) is 0 Å². The zero-order chi connectivity index (χ0) is 16.1. The van der Waals surface area contributed by atoms with Gasteiger partial charge in [0.25, 0.3) is 5.56 Å². The molecule has 0 unspecified atom stereocenters. The summed E-state index contributed by atoms with van der Waals surface area (Å²) >= 11 is 7.08. The number of benzene rings is 1. The average Bonchev–Trinajstić information content (AvgIpc) is 3.19. The fraction of sp³-hybridized carbons (Fsp3) is 0.333. The van der Waals surface area contributed by atoms with Crippen molar-refractivity contribution in [2.75, 3.05) is 0 Å². The van der Waals surface area contributed by atoms with Gasteiger partial charge >= 0.3 is 0 Å². The highest BCUT2D eigenvalue weighted by Gasteiger charge is 2.40. The SMILES string of the molecule is Cc1sc2[nH]c(=S)n([C@@H]3C[C@@H]3Cc3ccccc3)c(=O)c2c1C. The monoisotopic (exact) mass is 342 g/mol. The van der Waals surface area contributed by atoms with Crippen LogP contribution in [0.3, 0.4) is 0 Å². The Morgan fingerprint density at radius 2 is 2.04 bits per heavy atom. The first-order valence-electron chi connectivity index (χ1n) is 7.84. The van der Waals surface area contributed by atoms with Crippen molar-refractivity contribution < 1.29 is 0 Å². The van der Waals surface area contributed by atoms with Gasteiger partial charge in [0.2, 0.25) is 0 Å². The van der Waals surface area contributed by atoms with Gasteiger partial charge in [-0.1, -0.05) is 30.3 Å². The Bertz CT molecular complexity index is 998. The molecule has 0 saturated heterocycles. The normalized spacial score (nSPS) is 20.1. The third-order valence-electron chi connectivity index (χ3n) is 4.81. The lowest BCUT2D eigenvalue weighted by Gasteiger charge is -2.07. The van der Waals surface area contributed by atoms with Gasteiger partial charge in [-0.3, -0.25) is 9.36 Å². The zero-order valence-electron chi connectivity index (χ0n) is 13.1. The van der Waals surface area contributed by atoms with Crippen LogP contribution in [-0.4, -0.2) is 9.55 Å². The molecule has 1 aliphatic rings. The molecule has 0 amide bonds. The summed E-state index contributed by atoms with van der Waals surface area (Å²) in [6.45, 7) is 4.07. The molecule has 2 aromatic heterocycles. The van der Waals surface area contributed by atoms with Gasteiger partial charge in [0, 0.05) is 10.9 Å². The summed E-state index contributed by atoms with van der Waals surface area (Å²) in [6, 6.07) is 10.7. The van der Waals surface area contributed by atoms with Crippen molar-refractivity contribution in [1.82, 2.24) is 9.55 Å². The van der Waals surface area contributed by atoms with Crippen LogP contribution in [0.2, 0.25) is 0 Å². The zero-order valence-corrected chi connectivity index (χ0v) is 14.8. The molecule has 1 aromatic carbocycles. The highest BCUT2D eigenvalue weighted by Crippen LogP contribution is 2.45. The molecular formula is C18H18N2OS2. The summed E-state index contributed by atoms with van der Waals surface area (Å²) in [5.74, 6) is 0.502. The highest BCUT2D eigenvalue weighted by molar-refractivity contribution is 7.71. The van der Waals surface area contributed by atoms with E-state index in [9.17, 15) is 4.79 Å². The van der Waals surface area contributed by atoms with E-state index < -0.39 is 0 Å². The molecule has 23 heavy (non-hydrogen) atoms. The van der Waals surface area contributed by atoms with E-state index in [-0.39, 0.29) is 11.6 Å². The van der Waals surface area contributed by atoms with E-state index in [0.717, 1.165) is 28.6 Å². The van der Waals surface area contributed by atoms with E-state index in [1.165, 1.54) is 10.4 Å². The molecule has 5 heteroatoms. The number of nitrogens with one attached hydrogen (secondary N) is 1. The second kappa shape index (κ2) is 5.42. The standard InChI is InChI=1S/C18H18N2OS2/c1-10-11(2)23-16-15(10)17(21)20(18(22)19-16)14-9-13(14)8-12-6-4-3-5-7-12/h3-7,13-14H,8-9H2,1-2H3,(H,19,22)/t13-,14+/m0/s1. The fourth-order valence-corrected chi connectivity index (χ4v) is 4.76. The molecule has 0 spiro atoms. The summed E-state index contributed by atoms with van der Waals surface area (Å²) in [5, 5.41) is 0.812. The lowest BCUT2D eigenvalue weighted by Crippen LogP contribution is -2.22. The molecule has 0 aliphatic heterocycles. The number of fused-ring (bicyclic) bond motifs is 1. The Balaban J connectivity index is 1.72. The number of aryl methyl sites for hydroxylation is 2. The van der Waals surface area contributed by atoms with Crippen LogP contribution in [0, 0.1) is 24.5 Å². The molecule has 0 radical (unpaired) electrons. The summed E-state index contributed by atoms with van der Waals surface area (Å²) in [4.78, 5) is 18.3. The van der Waals surface area contributed by atoms with Crippen molar-refractivity contribution in [3.05, 3.63) is 61.5 Å². The number of hydrogen-bond donors (Lipinski definition) is 1. The van der Waals surface area contributed by atoms with Crippen LogP contribution in [-0.2, 0) is 6.42 Å². The lowest BCUT2D eigenvalue weighted by atomic mass is 10.1. The number of aromatic nitrogens is 2. The third kappa shape index (κ3) is 2.48. The van der Waals surface area contributed by atoms with Crippen molar-refractivity contribution in [3.8, 4) is 0 Å². The van der Waals surface area contributed by atoms with Gasteiger partial charge < -0.3 is 4.98 Å². The Morgan fingerprint density at radius 3 is 2.78 bits per heavy atom. The smallest absolute Gasteiger partial charge is 0.263 e. The summed E-state index contributed by atoms with van der Waals surface area (Å²) < 4.78 is 2.37. The molecule has 3 aromatic rings. The van der Waals surface area contributed by atoms with Gasteiger partial charge in [0.1, 0.15) is 4.83 Å². The van der Waals surface area contributed by atoms with Crippen molar-refractivity contribution in [2.45, 2.75) is 32.7 Å². The van der Waals surface area contributed by atoms with Crippen molar-refractivity contribution in [2.24, 2.45) is 5.92 Å². The quantitative estimate of drug-likeness (QED) is 0.710. The van der Waals surface area contributed by atoms with Gasteiger partial charge in [-0.2, -0.15) is 0 Å². The molecule has 1 aliphatic carbocycles. The Kier molecular flexibility index (Phi) is 3.50. The van der Waals surface area contributed by atoms with Crippen LogP contribution < -0.4 is 5.56 Å². The summed E-state index contributed by atoms with van der Waals surface area (Å²) in [5.41, 5.74) is 2.48. The minimum absolute atomic E-state index is 0.0751. The first kappa shape index (κ1) is 14.8. The van der Waals surface area contributed by atoms with E-state index in [4.69, 9.17) is 12.2 Å². The van der Waals surface area contributed by atoms with Crippen LogP contribution in [0.1, 0.15) is 28.5 Å². The maximum absolute atomic E-state index is 12.9. The first-order chi connectivity index (χ1) is 11.1. The van der Waals surface area contributed by atoms with E-state index in [0.29, 0.717) is 10.7 Å². The van der Waals surface area contributed by atoms with E-state index in [1.54, 1.807) is 11.3 Å². The lowest BCUT2D eigenvalue weighted by molar-refractivity contribution is 0.618. The second-order valence-electron chi connectivity index (χ2n) is 6.35. The van der Waals surface area contributed by atoms with Gasteiger partial charge in [0.15, 0.2) is 4.77 Å². The average molecular weight is 342 g/mol. The molecular weight excluding hydrogens is 324 g/mol. The summed E-state index contributed by atoms with van der Waals surface area (Å²) in [6.07, 6.45) is 2.03. The molecule has 1 fully saturated rings. The molecule has 3 nitrogen and oxygen atoms in total. The van der Waals surface area contributed by atoms with Crippen LogP contribution in [0.4, 0.5) is 0 Å². The molecule has 4 rings (SSSR count). The van der Waals surface area contributed by atoms with Gasteiger partial charge in [0.05, 0.1) is 5.39 Å². The Morgan fingerprint density at radius 1 is 1.30 bits per heavy atom. The molecule has 2 atom stereocenters. The number of aromatic amines is 1. The maximum Gasteiger partial charge on any atom is 0.263 e. The molecule has 0 bridgehead atoms. The fourth-order valence-electron chi connectivity index (χ4n) is 3.33. The highest BCUT2D eigenvalue weighted by atomic mass is 32.1. The third-order valence-corrected chi connectivity index (χ3v) is 6.24. The Hall–Kier alpha value is -1.72. The predicted molar refractivity (Wildman–Crippen MR) is 98.0 cm³/mol. The van der Waals surface area contributed by atoms with Crippen LogP contribution in [0.15, 0.2) is 35.1 Å². The number of nitrogens with zero attached hydrogens (tertiary/aromatic N) is 1. The van der Waals surface area contributed by atoms with Crippen LogP contribution >= 0.6 is 23.6 Å². The second-order valence-corrected chi connectivity index (χ2v) is 7.96. The predicted octanol–water partition coefficient (Wildman–Crippen LogP) is 4.54. The van der Waals surface area contributed by atoms with Crippen molar-refractivity contribution >= 4 is 33.8 Å². The minimum Gasteiger partial charge on any atom is -0.323 e. The Labute approximate surface area is 143 Å². The molecule has 1 N–H and O–H groups in total. The van der Waals surface area contributed by atoms with E-state index >= 15 is 0 Å². The maximum atomic E-state index is 12.9. The molecule has 1 saturated carbocycles. The van der Waals surface area contributed by atoms with E-state index in [2.05, 4.69) is 36.2 Å². The van der Waals surface area contributed by atoms with Crippen LogP contribution in [0.25, 0.3) is 10.2 Å². The van der Waals surface area contributed by atoms with E-state index in [1.807, 2.05) is 17.6 Å². The van der Waals surface area contributed by atoms with Crippen molar-refractivity contribution in [3.63, 3.8) is 0 Å². The number of hydrogen-bond acceptors (Lipinski definition) is 3. The first-order valence-corrected chi connectivity index (χ1v) is 9.07. The topological polar surface area (TPSA) is 37.8 Å². The van der Waals surface area contributed by atoms with Crippen molar-refractivity contribution in [1.29, 1.82) is 0 Å².